The van der Waals surface area contributed by atoms with E-state index < -0.39 is 23.6 Å². The Morgan fingerprint density at radius 1 is 0.654 bits per heavy atom. The summed E-state index contributed by atoms with van der Waals surface area (Å²) in [6, 6.07) is 29.1. The van der Waals surface area contributed by atoms with Crippen LogP contribution >= 0.6 is 0 Å². The summed E-state index contributed by atoms with van der Waals surface area (Å²) in [4.78, 5) is 48.6. The predicted octanol–water partition coefficient (Wildman–Crippen LogP) is 5.77. The van der Waals surface area contributed by atoms with Crippen molar-refractivity contribution >= 4 is 17.7 Å². The van der Waals surface area contributed by atoms with Crippen LogP contribution in [0.4, 0.5) is 0 Å². The Hall–Kier alpha value is -4.01. The van der Waals surface area contributed by atoms with Gasteiger partial charge in [0.1, 0.15) is 12.1 Å². The molecule has 52 heavy (non-hydrogen) atoms. The first-order valence-corrected chi connectivity index (χ1v) is 19.9. The molecular formula is C44H56N4O4. The van der Waals surface area contributed by atoms with E-state index in [0.29, 0.717) is 31.8 Å². The fourth-order valence-corrected chi connectivity index (χ4v) is 9.70. The number of β-amino-alcohol motifs (C(OH)–C–C–N with tert-alkyl or cyclic N) is 1. The Morgan fingerprint density at radius 2 is 1.23 bits per heavy atom. The molecule has 0 aromatic heterocycles. The van der Waals surface area contributed by atoms with E-state index in [-0.39, 0.29) is 37.1 Å². The number of aliphatic hydroxyl groups excluding tert-OH is 1. The lowest BCUT2D eigenvalue weighted by atomic mass is 9.67. The number of carbonyl (C=O) groups excluding carboxylic acids is 3. The lowest BCUT2D eigenvalue weighted by molar-refractivity contribution is -0.147. The molecule has 2 N–H and O–H groups in total. The number of benzene rings is 3. The summed E-state index contributed by atoms with van der Waals surface area (Å²) >= 11 is 0. The van der Waals surface area contributed by atoms with Crippen molar-refractivity contribution in [2.24, 2.45) is 11.8 Å². The number of hydrogen-bond donors (Lipinski definition) is 2. The van der Waals surface area contributed by atoms with Crippen LogP contribution in [-0.2, 0) is 19.8 Å². The highest BCUT2D eigenvalue weighted by Crippen LogP contribution is 2.43. The van der Waals surface area contributed by atoms with Crippen molar-refractivity contribution in [2.75, 3.05) is 39.3 Å². The highest BCUT2D eigenvalue weighted by Gasteiger charge is 2.47. The summed E-state index contributed by atoms with van der Waals surface area (Å²) in [7, 11) is 0. The third kappa shape index (κ3) is 7.98. The third-order valence-corrected chi connectivity index (χ3v) is 12.3. The number of amides is 3. The Kier molecular flexibility index (Phi) is 11.7. The standard InChI is InChI=1S/C44H56N4O4/c49-38-27-40(42(51)45-29-34-17-13-25-46(31-34)30-33-15-5-1-6-16-33)48(32-38)43(52)39-24-14-26-47(39)41(50)28-44(35-18-7-2-8-19-35,36-20-9-3-10-21-36)37-22-11-4-12-23-37/h2-4,7-12,18-23,33-34,38-40,49H,1,5-6,13-17,24-32H2,(H,45,51)/t34?,38-,39+,40-/m1/s1. The van der Waals surface area contributed by atoms with Crippen LogP contribution in [0.25, 0.3) is 0 Å². The van der Waals surface area contributed by atoms with Crippen LogP contribution < -0.4 is 5.32 Å². The number of likely N-dealkylation sites (tertiary alicyclic amines) is 3. The second-order valence-electron chi connectivity index (χ2n) is 15.8. The highest BCUT2D eigenvalue weighted by molar-refractivity contribution is 5.93. The largest absolute Gasteiger partial charge is 0.391 e. The van der Waals surface area contributed by atoms with E-state index in [0.717, 1.165) is 48.5 Å². The number of hydrogen-bond acceptors (Lipinski definition) is 5. The van der Waals surface area contributed by atoms with Crippen molar-refractivity contribution in [1.29, 1.82) is 0 Å². The van der Waals surface area contributed by atoms with Crippen LogP contribution in [0.2, 0.25) is 0 Å². The molecule has 3 aromatic rings. The molecule has 0 spiro atoms. The molecular weight excluding hydrogens is 649 g/mol. The van der Waals surface area contributed by atoms with Gasteiger partial charge in [-0.1, -0.05) is 110 Å². The molecule has 1 aliphatic carbocycles. The summed E-state index contributed by atoms with van der Waals surface area (Å²) in [5.74, 6) is 0.669. The van der Waals surface area contributed by atoms with Crippen molar-refractivity contribution in [3.63, 3.8) is 0 Å². The number of carbonyl (C=O) groups is 3. The second kappa shape index (κ2) is 16.8. The highest BCUT2D eigenvalue weighted by atomic mass is 16.3. The molecule has 3 heterocycles. The van der Waals surface area contributed by atoms with E-state index in [1.54, 1.807) is 9.80 Å². The number of piperidine rings is 1. The number of rotatable bonds is 11. The Balaban J connectivity index is 1.05. The maximum Gasteiger partial charge on any atom is 0.246 e. The minimum Gasteiger partial charge on any atom is -0.391 e. The zero-order valence-electron chi connectivity index (χ0n) is 30.6. The number of nitrogens with one attached hydrogen (secondary N) is 1. The summed E-state index contributed by atoms with van der Waals surface area (Å²) < 4.78 is 0. The monoisotopic (exact) mass is 704 g/mol. The van der Waals surface area contributed by atoms with E-state index in [2.05, 4.69) is 46.6 Å². The molecule has 3 amide bonds. The Morgan fingerprint density at radius 3 is 1.85 bits per heavy atom. The zero-order valence-corrected chi connectivity index (χ0v) is 30.6. The minimum atomic E-state index is -0.771. The van der Waals surface area contributed by atoms with E-state index >= 15 is 0 Å². The van der Waals surface area contributed by atoms with Gasteiger partial charge in [0.05, 0.1) is 11.5 Å². The normalized spacial score (nSPS) is 24.6. The summed E-state index contributed by atoms with van der Waals surface area (Å²) in [5, 5.41) is 13.9. The second-order valence-corrected chi connectivity index (χ2v) is 15.8. The smallest absolute Gasteiger partial charge is 0.246 e. The number of aliphatic hydroxyl groups is 1. The molecule has 1 saturated carbocycles. The quantitative estimate of drug-likeness (QED) is 0.248. The molecule has 3 aromatic carbocycles. The van der Waals surface area contributed by atoms with E-state index in [1.165, 1.54) is 38.6 Å². The molecule has 8 nitrogen and oxygen atoms in total. The molecule has 3 aliphatic heterocycles. The Labute approximate surface area is 309 Å². The van der Waals surface area contributed by atoms with Gasteiger partial charge >= 0.3 is 0 Å². The van der Waals surface area contributed by atoms with Gasteiger partial charge in [-0.15, -0.1) is 0 Å². The van der Waals surface area contributed by atoms with Crippen LogP contribution in [0.15, 0.2) is 91.0 Å². The predicted molar refractivity (Wildman–Crippen MR) is 203 cm³/mol. The average Bonchev–Trinajstić information content (AvgIpc) is 3.85. The van der Waals surface area contributed by atoms with Crippen molar-refractivity contribution < 1.29 is 19.5 Å². The molecule has 4 atom stereocenters. The SMILES string of the molecule is O=C(NCC1CCCN(CC2CCCCC2)C1)[C@H]1C[C@@H](O)CN1C(=O)[C@@H]1CCCN1C(=O)CC(c1ccccc1)(c1ccccc1)c1ccccc1. The van der Waals surface area contributed by atoms with Gasteiger partial charge in [-0.25, -0.2) is 0 Å². The molecule has 0 radical (unpaired) electrons. The van der Waals surface area contributed by atoms with Gasteiger partial charge in [0, 0.05) is 45.6 Å². The molecule has 8 heteroatoms. The lowest BCUT2D eigenvalue weighted by Crippen LogP contribution is -2.54. The van der Waals surface area contributed by atoms with Crippen molar-refractivity contribution in [2.45, 2.75) is 94.2 Å². The Bertz CT molecular complexity index is 1530. The van der Waals surface area contributed by atoms with Crippen molar-refractivity contribution in [3.05, 3.63) is 108 Å². The van der Waals surface area contributed by atoms with Gasteiger partial charge < -0.3 is 25.1 Å². The average molecular weight is 705 g/mol. The van der Waals surface area contributed by atoms with Gasteiger partial charge in [0.25, 0.3) is 0 Å². The molecule has 3 saturated heterocycles. The number of nitrogens with zero attached hydrogens (tertiary/aromatic N) is 3. The molecule has 4 fully saturated rings. The van der Waals surface area contributed by atoms with Crippen LogP contribution in [0, 0.1) is 11.8 Å². The van der Waals surface area contributed by atoms with Gasteiger partial charge in [0.15, 0.2) is 0 Å². The molecule has 7 rings (SSSR count). The van der Waals surface area contributed by atoms with Crippen LogP contribution in [0.3, 0.4) is 0 Å². The van der Waals surface area contributed by atoms with Crippen LogP contribution in [-0.4, -0.2) is 95.0 Å². The van der Waals surface area contributed by atoms with Gasteiger partial charge in [-0.3, -0.25) is 14.4 Å². The molecule has 1 unspecified atom stereocenters. The fourth-order valence-electron chi connectivity index (χ4n) is 9.70. The van der Waals surface area contributed by atoms with Crippen molar-refractivity contribution in [1.82, 2.24) is 20.0 Å². The van der Waals surface area contributed by atoms with E-state index in [4.69, 9.17) is 0 Å². The first-order chi connectivity index (χ1) is 25.4. The van der Waals surface area contributed by atoms with E-state index in [9.17, 15) is 19.5 Å². The summed E-state index contributed by atoms with van der Waals surface area (Å²) in [5.41, 5.74) is 2.26. The van der Waals surface area contributed by atoms with Gasteiger partial charge in [-0.05, 0) is 73.6 Å². The molecule has 4 aliphatic rings. The lowest BCUT2D eigenvalue weighted by Gasteiger charge is -2.38. The van der Waals surface area contributed by atoms with Crippen LogP contribution in [0.5, 0.6) is 0 Å². The van der Waals surface area contributed by atoms with E-state index in [1.807, 2.05) is 54.6 Å². The maximum absolute atomic E-state index is 14.6. The zero-order chi connectivity index (χ0) is 35.9. The van der Waals surface area contributed by atoms with Gasteiger partial charge in [0.2, 0.25) is 17.7 Å². The molecule has 0 bridgehead atoms. The fraction of sp³-hybridized carbons (Fsp3) is 0.523. The first kappa shape index (κ1) is 36.4. The first-order valence-electron chi connectivity index (χ1n) is 19.9. The van der Waals surface area contributed by atoms with Crippen LogP contribution in [0.1, 0.15) is 87.3 Å². The van der Waals surface area contributed by atoms with Gasteiger partial charge in [-0.2, -0.15) is 0 Å². The summed E-state index contributed by atoms with van der Waals surface area (Å²) in [6.07, 6.45) is 9.83. The third-order valence-electron chi connectivity index (χ3n) is 12.3. The maximum atomic E-state index is 14.6. The summed E-state index contributed by atoms with van der Waals surface area (Å²) in [6.45, 7) is 4.48. The van der Waals surface area contributed by atoms with Crippen molar-refractivity contribution in [3.8, 4) is 0 Å². The minimum absolute atomic E-state index is 0.0942. The molecule has 276 valence electrons. The topological polar surface area (TPSA) is 93.2 Å².